The molecule has 17 heavy (non-hydrogen) atoms. The van der Waals surface area contributed by atoms with Gasteiger partial charge in [-0.2, -0.15) is 0 Å². The van der Waals surface area contributed by atoms with E-state index in [1.54, 1.807) is 0 Å². The number of aromatic nitrogens is 2. The number of aryl methyl sites for hydroxylation is 1. The van der Waals surface area contributed by atoms with Crippen molar-refractivity contribution in [2.75, 3.05) is 18.4 Å². The van der Waals surface area contributed by atoms with Gasteiger partial charge >= 0.3 is 0 Å². The van der Waals surface area contributed by atoms with Gasteiger partial charge in [0, 0.05) is 43.4 Å². The average molecular weight is 302 g/mol. The van der Waals surface area contributed by atoms with Crippen LogP contribution in [0.5, 0.6) is 0 Å². The number of alkyl halides is 1. The summed E-state index contributed by atoms with van der Waals surface area (Å²) in [6.45, 7) is 9.88. The fraction of sp³-hybridized carbons (Fsp3) is 0.769. The highest BCUT2D eigenvalue weighted by molar-refractivity contribution is 9.09. The second kappa shape index (κ2) is 7.88. The van der Waals surface area contributed by atoms with Crippen LogP contribution in [-0.2, 0) is 6.54 Å². The Balaban J connectivity index is 2.52. The molecule has 0 aliphatic rings. The van der Waals surface area contributed by atoms with E-state index in [1.807, 2.05) is 6.20 Å². The summed E-state index contributed by atoms with van der Waals surface area (Å²) < 4.78 is 2.23. The lowest BCUT2D eigenvalue weighted by molar-refractivity contribution is 0.190. The van der Waals surface area contributed by atoms with Crippen LogP contribution in [0.3, 0.4) is 0 Å². The average Bonchev–Trinajstić information content (AvgIpc) is 2.73. The van der Waals surface area contributed by atoms with E-state index < -0.39 is 0 Å². The normalized spacial score (nSPS) is 11.6. The minimum atomic E-state index is 0.705. The molecular weight excluding hydrogens is 278 g/mol. The molecule has 0 radical (unpaired) electrons. The number of rotatable bonds is 8. The minimum Gasteiger partial charge on any atom is -0.334 e. The lowest BCUT2D eigenvalue weighted by atomic mass is 10.1. The molecule has 3 nitrogen and oxygen atoms in total. The maximum atomic E-state index is 4.26. The molecule has 4 heteroatoms. The first kappa shape index (κ1) is 14.7. The van der Waals surface area contributed by atoms with Crippen LogP contribution in [0.1, 0.15) is 32.5 Å². The summed E-state index contributed by atoms with van der Waals surface area (Å²) in [6, 6.07) is 0.705. The van der Waals surface area contributed by atoms with Crippen molar-refractivity contribution in [2.24, 2.45) is 0 Å². The molecule has 0 saturated heterocycles. The van der Waals surface area contributed by atoms with E-state index in [0.717, 1.165) is 30.8 Å². The van der Waals surface area contributed by atoms with Gasteiger partial charge < -0.3 is 4.57 Å². The first-order chi connectivity index (χ1) is 8.22. The smallest absolute Gasteiger partial charge is 0.105 e. The Morgan fingerprint density at radius 1 is 1.35 bits per heavy atom. The lowest BCUT2D eigenvalue weighted by Gasteiger charge is -2.30. The van der Waals surface area contributed by atoms with Gasteiger partial charge in [0.05, 0.1) is 0 Å². The molecule has 0 fully saturated rings. The molecule has 0 N–H and O–H groups in total. The summed E-state index contributed by atoms with van der Waals surface area (Å²) in [7, 11) is 0. The SMILES string of the molecule is CCC(CC)N(CCBr)CCn1ccnc1C. The number of nitrogens with zero attached hydrogens (tertiary/aromatic N) is 3. The molecule has 0 aliphatic carbocycles. The van der Waals surface area contributed by atoms with Gasteiger partial charge in [-0.15, -0.1) is 0 Å². The molecule has 98 valence electrons. The maximum Gasteiger partial charge on any atom is 0.105 e. The van der Waals surface area contributed by atoms with Gasteiger partial charge in [-0.05, 0) is 19.8 Å². The van der Waals surface area contributed by atoms with Gasteiger partial charge in [-0.3, -0.25) is 4.90 Å². The summed E-state index contributed by atoms with van der Waals surface area (Å²) in [4.78, 5) is 6.84. The van der Waals surface area contributed by atoms with Crippen molar-refractivity contribution in [3.63, 3.8) is 0 Å². The van der Waals surface area contributed by atoms with Crippen molar-refractivity contribution in [1.29, 1.82) is 0 Å². The van der Waals surface area contributed by atoms with E-state index in [0.29, 0.717) is 6.04 Å². The Bertz CT molecular complexity index is 307. The molecule has 0 aliphatic heterocycles. The van der Waals surface area contributed by atoms with Crippen molar-refractivity contribution in [3.8, 4) is 0 Å². The van der Waals surface area contributed by atoms with Crippen LogP contribution >= 0.6 is 15.9 Å². The van der Waals surface area contributed by atoms with E-state index in [1.165, 1.54) is 12.8 Å². The zero-order valence-corrected chi connectivity index (χ0v) is 12.8. The molecule has 1 aromatic rings. The van der Waals surface area contributed by atoms with Crippen molar-refractivity contribution < 1.29 is 0 Å². The predicted octanol–water partition coefficient (Wildman–Crippen LogP) is 3.08. The van der Waals surface area contributed by atoms with E-state index in [9.17, 15) is 0 Å². The second-order valence-electron chi connectivity index (χ2n) is 4.36. The summed E-state index contributed by atoms with van der Waals surface area (Å²) in [5.74, 6) is 1.10. The van der Waals surface area contributed by atoms with E-state index in [2.05, 4.69) is 57.3 Å². The van der Waals surface area contributed by atoms with Gasteiger partial charge in [0.2, 0.25) is 0 Å². The summed E-state index contributed by atoms with van der Waals surface area (Å²) >= 11 is 3.55. The third kappa shape index (κ3) is 4.43. The number of imidazole rings is 1. The minimum absolute atomic E-state index is 0.705. The quantitative estimate of drug-likeness (QED) is 0.688. The summed E-state index contributed by atoms with van der Waals surface area (Å²) in [5, 5.41) is 1.05. The van der Waals surface area contributed by atoms with E-state index >= 15 is 0 Å². The van der Waals surface area contributed by atoms with Crippen LogP contribution < -0.4 is 0 Å². The van der Waals surface area contributed by atoms with Crippen LogP contribution in [0, 0.1) is 6.92 Å². The van der Waals surface area contributed by atoms with Crippen LogP contribution in [-0.4, -0.2) is 38.9 Å². The third-order valence-corrected chi connectivity index (χ3v) is 3.74. The van der Waals surface area contributed by atoms with Crippen LogP contribution in [0.25, 0.3) is 0 Å². The van der Waals surface area contributed by atoms with Gasteiger partial charge in [-0.25, -0.2) is 4.98 Å². The van der Waals surface area contributed by atoms with E-state index in [-0.39, 0.29) is 0 Å². The highest BCUT2D eigenvalue weighted by atomic mass is 79.9. The number of halogens is 1. The van der Waals surface area contributed by atoms with Gasteiger partial charge in [-0.1, -0.05) is 29.8 Å². The lowest BCUT2D eigenvalue weighted by Crippen LogP contribution is -2.38. The van der Waals surface area contributed by atoms with E-state index in [4.69, 9.17) is 0 Å². The standard InChI is InChI=1S/C13H24BrN3/c1-4-13(5-2)17(8-6-14)11-10-16-9-7-15-12(16)3/h7,9,13H,4-6,8,10-11H2,1-3H3. The van der Waals surface area contributed by atoms with Gasteiger partial charge in [0.15, 0.2) is 0 Å². The summed E-state index contributed by atoms with van der Waals surface area (Å²) in [6.07, 6.45) is 6.40. The van der Waals surface area contributed by atoms with Crippen LogP contribution in [0.2, 0.25) is 0 Å². The van der Waals surface area contributed by atoms with Crippen molar-refractivity contribution in [1.82, 2.24) is 14.5 Å². The highest BCUT2D eigenvalue weighted by Gasteiger charge is 2.14. The first-order valence-electron chi connectivity index (χ1n) is 6.50. The molecule has 0 bridgehead atoms. The van der Waals surface area contributed by atoms with Crippen molar-refractivity contribution in [3.05, 3.63) is 18.2 Å². The number of hydrogen-bond acceptors (Lipinski definition) is 2. The Kier molecular flexibility index (Phi) is 6.82. The second-order valence-corrected chi connectivity index (χ2v) is 5.16. The van der Waals surface area contributed by atoms with Gasteiger partial charge in [0.1, 0.15) is 5.82 Å². The molecule has 0 spiro atoms. The van der Waals surface area contributed by atoms with Crippen molar-refractivity contribution >= 4 is 15.9 Å². The molecule has 0 aromatic carbocycles. The Hall–Kier alpha value is -0.350. The Morgan fingerprint density at radius 3 is 2.53 bits per heavy atom. The molecule has 1 rings (SSSR count). The van der Waals surface area contributed by atoms with Crippen molar-refractivity contribution in [2.45, 2.75) is 46.2 Å². The fourth-order valence-electron chi connectivity index (χ4n) is 2.27. The fourth-order valence-corrected chi connectivity index (χ4v) is 2.72. The highest BCUT2D eigenvalue weighted by Crippen LogP contribution is 2.09. The zero-order chi connectivity index (χ0) is 12.7. The monoisotopic (exact) mass is 301 g/mol. The van der Waals surface area contributed by atoms with Crippen LogP contribution in [0.15, 0.2) is 12.4 Å². The summed E-state index contributed by atoms with van der Waals surface area (Å²) in [5.41, 5.74) is 0. The van der Waals surface area contributed by atoms with Crippen LogP contribution in [0.4, 0.5) is 0 Å². The first-order valence-corrected chi connectivity index (χ1v) is 7.62. The third-order valence-electron chi connectivity index (χ3n) is 3.38. The molecule has 0 unspecified atom stereocenters. The zero-order valence-electron chi connectivity index (χ0n) is 11.2. The Morgan fingerprint density at radius 2 is 2.06 bits per heavy atom. The van der Waals surface area contributed by atoms with Gasteiger partial charge in [0.25, 0.3) is 0 Å². The predicted molar refractivity (Wildman–Crippen MR) is 76.7 cm³/mol. The maximum absolute atomic E-state index is 4.26. The molecule has 0 atom stereocenters. The topological polar surface area (TPSA) is 21.1 Å². The Labute approximate surface area is 113 Å². The molecule has 1 heterocycles. The molecule has 0 saturated carbocycles. The largest absolute Gasteiger partial charge is 0.334 e. The molecule has 0 amide bonds. The molecule has 1 aromatic heterocycles. The number of hydrogen-bond donors (Lipinski definition) is 0. The molecular formula is C13H24BrN3.